The van der Waals surface area contributed by atoms with Gasteiger partial charge in [-0.3, -0.25) is 9.80 Å². The molecule has 4 aliphatic rings. The average Bonchev–Trinajstić information content (AvgIpc) is 3.16. The molecular weight excluding hydrogens is 384 g/mol. The fourth-order valence-electron chi connectivity index (χ4n) is 4.64. The van der Waals surface area contributed by atoms with E-state index in [9.17, 15) is 9.59 Å². The molecule has 30 heavy (non-hydrogen) atoms. The summed E-state index contributed by atoms with van der Waals surface area (Å²) in [6, 6.07) is 0. The van der Waals surface area contributed by atoms with Crippen molar-refractivity contribution in [3.8, 4) is 0 Å². The second-order valence-electron chi connectivity index (χ2n) is 11.1. The highest BCUT2D eigenvalue weighted by Gasteiger charge is 2.50. The standard InChI is InChI=1S/2C11H20N2O2/c2*1-10(2,3)15-9(14)13-6-4-5-11(13)7-12-8-11/h2*12H,4-8H2,1-3H3. The summed E-state index contributed by atoms with van der Waals surface area (Å²) in [4.78, 5) is 27.7. The maximum atomic E-state index is 11.9. The lowest BCUT2D eigenvalue weighted by Crippen LogP contribution is -2.67. The lowest BCUT2D eigenvalue weighted by atomic mass is 9.90. The van der Waals surface area contributed by atoms with Crippen LogP contribution < -0.4 is 10.6 Å². The zero-order chi connectivity index (χ0) is 22.2. The molecule has 0 aromatic heterocycles. The van der Waals surface area contributed by atoms with Crippen molar-refractivity contribution in [2.24, 2.45) is 0 Å². The Hall–Kier alpha value is -1.54. The summed E-state index contributed by atoms with van der Waals surface area (Å²) in [7, 11) is 0. The number of nitrogens with zero attached hydrogens (tertiary/aromatic N) is 2. The van der Waals surface area contributed by atoms with Gasteiger partial charge in [-0.2, -0.15) is 0 Å². The minimum absolute atomic E-state index is 0.0718. The molecule has 0 aromatic rings. The molecule has 0 atom stereocenters. The number of amides is 2. The van der Waals surface area contributed by atoms with Gasteiger partial charge in [0.25, 0.3) is 0 Å². The largest absolute Gasteiger partial charge is 0.444 e. The molecule has 4 heterocycles. The monoisotopic (exact) mass is 424 g/mol. The molecule has 0 saturated carbocycles. The Kier molecular flexibility index (Phi) is 6.31. The van der Waals surface area contributed by atoms with E-state index < -0.39 is 11.2 Å². The van der Waals surface area contributed by atoms with E-state index >= 15 is 0 Å². The van der Waals surface area contributed by atoms with Crippen LogP contribution in [-0.4, -0.2) is 83.5 Å². The van der Waals surface area contributed by atoms with E-state index in [1.807, 2.05) is 51.3 Å². The van der Waals surface area contributed by atoms with Crippen LogP contribution in [0.25, 0.3) is 0 Å². The lowest BCUT2D eigenvalue weighted by molar-refractivity contribution is -0.00393. The van der Waals surface area contributed by atoms with E-state index in [1.54, 1.807) is 0 Å². The normalized spacial score (nSPS) is 24.1. The van der Waals surface area contributed by atoms with E-state index in [0.29, 0.717) is 0 Å². The van der Waals surface area contributed by atoms with Crippen molar-refractivity contribution in [1.82, 2.24) is 20.4 Å². The number of hydrogen-bond acceptors (Lipinski definition) is 6. The first kappa shape index (κ1) is 23.1. The maximum absolute atomic E-state index is 11.9. The predicted molar refractivity (Wildman–Crippen MR) is 116 cm³/mol. The zero-order valence-electron chi connectivity index (χ0n) is 19.6. The van der Waals surface area contributed by atoms with Crippen LogP contribution in [0, 0.1) is 0 Å². The summed E-state index contributed by atoms with van der Waals surface area (Å²) in [6.45, 7) is 16.8. The van der Waals surface area contributed by atoms with E-state index in [4.69, 9.17) is 9.47 Å². The number of carbonyl (C=O) groups is 2. The van der Waals surface area contributed by atoms with Gasteiger partial charge in [0.1, 0.15) is 11.2 Å². The summed E-state index contributed by atoms with van der Waals surface area (Å²) in [5.74, 6) is 0. The number of hydrogen-bond donors (Lipinski definition) is 2. The topological polar surface area (TPSA) is 83.1 Å². The Bertz CT molecular complexity index is 589. The summed E-state index contributed by atoms with van der Waals surface area (Å²) >= 11 is 0. The number of ether oxygens (including phenoxy) is 2. The quantitative estimate of drug-likeness (QED) is 0.622. The van der Waals surface area contributed by atoms with Gasteiger partial charge in [0, 0.05) is 39.3 Å². The third-order valence-electron chi connectivity index (χ3n) is 6.24. The smallest absolute Gasteiger partial charge is 0.410 e. The average molecular weight is 425 g/mol. The second kappa shape index (κ2) is 8.19. The molecule has 4 fully saturated rings. The van der Waals surface area contributed by atoms with E-state index in [-0.39, 0.29) is 23.3 Å². The molecule has 8 heteroatoms. The molecule has 0 aliphatic carbocycles. The SMILES string of the molecule is CC(C)(C)OC(=O)N1CCCC12CNC2.CC(C)(C)OC(=O)N1CCCC12CNC2. The van der Waals surface area contributed by atoms with Crippen molar-refractivity contribution in [2.75, 3.05) is 39.3 Å². The maximum Gasteiger partial charge on any atom is 0.410 e. The molecule has 4 aliphatic heterocycles. The Labute approximate surface area is 181 Å². The van der Waals surface area contributed by atoms with Crippen molar-refractivity contribution in [3.05, 3.63) is 0 Å². The highest BCUT2D eigenvalue weighted by Crippen LogP contribution is 2.34. The number of carbonyl (C=O) groups excluding carboxylic acids is 2. The van der Waals surface area contributed by atoms with Gasteiger partial charge in [-0.15, -0.1) is 0 Å². The van der Waals surface area contributed by atoms with Crippen LogP contribution in [0.2, 0.25) is 0 Å². The Morgan fingerprint density at radius 1 is 0.700 bits per heavy atom. The van der Waals surface area contributed by atoms with Crippen molar-refractivity contribution in [3.63, 3.8) is 0 Å². The summed E-state index contributed by atoms with van der Waals surface area (Å²) < 4.78 is 10.8. The molecule has 8 nitrogen and oxygen atoms in total. The van der Waals surface area contributed by atoms with E-state index in [0.717, 1.165) is 65.0 Å². The van der Waals surface area contributed by atoms with Crippen LogP contribution in [-0.2, 0) is 9.47 Å². The molecule has 2 amide bonds. The minimum atomic E-state index is -0.391. The fraction of sp³-hybridized carbons (Fsp3) is 0.909. The first-order valence-electron chi connectivity index (χ1n) is 11.3. The van der Waals surface area contributed by atoms with E-state index in [2.05, 4.69) is 10.6 Å². The first-order valence-corrected chi connectivity index (χ1v) is 11.3. The van der Waals surface area contributed by atoms with Gasteiger partial charge in [0.2, 0.25) is 0 Å². The van der Waals surface area contributed by atoms with Crippen LogP contribution in [0.5, 0.6) is 0 Å². The van der Waals surface area contributed by atoms with Gasteiger partial charge in [-0.1, -0.05) is 0 Å². The molecule has 4 rings (SSSR count). The second-order valence-corrected chi connectivity index (χ2v) is 11.1. The minimum Gasteiger partial charge on any atom is -0.444 e. The molecule has 0 aromatic carbocycles. The van der Waals surface area contributed by atoms with Crippen LogP contribution in [0.1, 0.15) is 67.2 Å². The Morgan fingerprint density at radius 3 is 1.27 bits per heavy atom. The van der Waals surface area contributed by atoms with Crippen molar-refractivity contribution in [1.29, 1.82) is 0 Å². The van der Waals surface area contributed by atoms with Gasteiger partial charge >= 0.3 is 12.2 Å². The highest BCUT2D eigenvalue weighted by molar-refractivity contribution is 5.70. The van der Waals surface area contributed by atoms with Crippen molar-refractivity contribution < 1.29 is 19.1 Å². The number of nitrogens with one attached hydrogen (secondary N) is 2. The van der Waals surface area contributed by atoms with Gasteiger partial charge in [-0.05, 0) is 67.2 Å². The third-order valence-corrected chi connectivity index (χ3v) is 6.24. The molecule has 4 saturated heterocycles. The van der Waals surface area contributed by atoms with Crippen LogP contribution >= 0.6 is 0 Å². The van der Waals surface area contributed by atoms with Gasteiger partial charge < -0.3 is 20.1 Å². The summed E-state index contributed by atoms with van der Waals surface area (Å²) in [5.41, 5.74) is -0.638. The van der Waals surface area contributed by atoms with E-state index in [1.165, 1.54) is 0 Å². The Balaban J connectivity index is 0.000000171. The number of likely N-dealkylation sites (tertiary alicyclic amines) is 2. The third kappa shape index (κ3) is 5.02. The van der Waals surface area contributed by atoms with Crippen LogP contribution in [0.15, 0.2) is 0 Å². The van der Waals surface area contributed by atoms with Gasteiger partial charge in [-0.25, -0.2) is 9.59 Å². The van der Waals surface area contributed by atoms with Crippen molar-refractivity contribution >= 4 is 12.2 Å². The molecule has 0 bridgehead atoms. The number of rotatable bonds is 0. The predicted octanol–water partition coefficient (Wildman–Crippen LogP) is 2.72. The van der Waals surface area contributed by atoms with Crippen LogP contribution in [0.4, 0.5) is 9.59 Å². The Morgan fingerprint density at radius 2 is 1.03 bits per heavy atom. The van der Waals surface area contributed by atoms with Gasteiger partial charge in [0.15, 0.2) is 0 Å². The summed E-state index contributed by atoms with van der Waals surface area (Å²) in [6.07, 6.45) is 4.11. The molecule has 2 spiro atoms. The molecule has 0 radical (unpaired) electrons. The highest BCUT2D eigenvalue weighted by atomic mass is 16.6. The molecular formula is C22H40N4O4. The summed E-state index contributed by atoms with van der Waals surface area (Å²) in [5, 5.41) is 6.48. The molecule has 172 valence electrons. The fourth-order valence-corrected chi connectivity index (χ4v) is 4.64. The lowest BCUT2D eigenvalue weighted by Gasteiger charge is -2.46. The first-order chi connectivity index (χ1) is 13.9. The van der Waals surface area contributed by atoms with Gasteiger partial charge in [0.05, 0.1) is 11.1 Å². The molecule has 2 N–H and O–H groups in total. The molecule has 0 unspecified atom stereocenters. The zero-order valence-corrected chi connectivity index (χ0v) is 19.6. The van der Waals surface area contributed by atoms with Crippen LogP contribution in [0.3, 0.4) is 0 Å². The van der Waals surface area contributed by atoms with Crippen molar-refractivity contribution in [2.45, 2.75) is 89.5 Å².